The summed E-state index contributed by atoms with van der Waals surface area (Å²) in [6, 6.07) is 14.8. The number of unbranched alkanes of at least 4 members (excludes halogenated alkanes) is 1. The van der Waals surface area contributed by atoms with Crippen LogP contribution in [0.1, 0.15) is 28.8 Å². The lowest BCUT2D eigenvalue weighted by molar-refractivity contribution is -0.112. The Labute approximate surface area is 220 Å². The normalized spacial score (nSPS) is 15.0. The average Bonchev–Trinajstić information content (AvgIpc) is 2.88. The molecule has 9 heteroatoms. The number of fused-ring (bicyclic) bond motifs is 1. The van der Waals surface area contributed by atoms with Crippen LogP contribution in [0.25, 0.3) is 10.9 Å². The molecule has 7 nitrogen and oxygen atoms in total. The van der Waals surface area contributed by atoms with Crippen molar-refractivity contribution in [2.75, 3.05) is 38.5 Å². The van der Waals surface area contributed by atoms with Gasteiger partial charge in [0.25, 0.3) is 5.91 Å². The summed E-state index contributed by atoms with van der Waals surface area (Å²) in [6.07, 6.45) is 2.18. The van der Waals surface area contributed by atoms with Gasteiger partial charge in [0, 0.05) is 65.9 Å². The molecule has 2 heterocycles. The molecule has 3 N–H and O–H groups in total. The van der Waals surface area contributed by atoms with E-state index in [-0.39, 0.29) is 23.0 Å². The van der Waals surface area contributed by atoms with Crippen molar-refractivity contribution in [2.24, 2.45) is 0 Å². The van der Waals surface area contributed by atoms with Crippen LogP contribution in [0.15, 0.2) is 59.4 Å². The first-order chi connectivity index (χ1) is 17.5. The van der Waals surface area contributed by atoms with Gasteiger partial charge in [-0.15, -0.1) is 0 Å². The van der Waals surface area contributed by atoms with Gasteiger partial charge in [-0.1, -0.05) is 41.6 Å². The molecule has 3 aromatic rings. The van der Waals surface area contributed by atoms with E-state index in [2.05, 4.69) is 20.5 Å². The Hall–Kier alpha value is -2.65. The molecule has 36 heavy (non-hydrogen) atoms. The van der Waals surface area contributed by atoms with Gasteiger partial charge in [0.2, 0.25) is 10.7 Å². The number of halogens is 1. The number of amides is 1. The van der Waals surface area contributed by atoms with Gasteiger partial charge in [0.05, 0.1) is 0 Å². The number of nitrogens with zero attached hydrogens (tertiary/aromatic N) is 1. The zero-order valence-electron chi connectivity index (χ0n) is 20.1. The minimum absolute atomic E-state index is 0.108. The summed E-state index contributed by atoms with van der Waals surface area (Å²) in [5.41, 5.74) is 1.62. The van der Waals surface area contributed by atoms with Crippen LogP contribution < -0.4 is 16.2 Å². The highest BCUT2D eigenvalue weighted by Crippen LogP contribution is 2.20. The molecule has 1 aromatic heterocycles. The van der Waals surface area contributed by atoms with Gasteiger partial charge in [0.1, 0.15) is 6.04 Å². The summed E-state index contributed by atoms with van der Waals surface area (Å²) >= 11 is 7.20. The monoisotopic (exact) mass is 526 g/mol. The third-order valence-electron chi connectivity index (χ3n) is 6.28. The van der Waals surface area contributed by atoms with E-state index in [1.165, 1.54) is 17.8 Å². The highest BCUT2D eigenvalue weighted by molar-refractivity contribution is 8.13. The number of benzene rings is 2. The molecule has 1 aliphatic heterocycles. The van der Waals surface area contributed by atoms with E-state index in [4.69, 9.17) is 11.6 Å². The Morgan fingerprint density at radius 1 is 1.06 bits per heavy atom. The van der Waals surface area contributed by atoms with E-state index in [1.54, 1.807) is 24.3 Å². The lowest BCUT2D eigenvalue weighted by Gasteiger charge is -2.27. The summed E-state index contributed by atoms with van der Waals surface area (Å²) in [5, 5.41) is 7.54. The van der Waals surface area contributed by atoms with E-state index in [0.29, 0.717) is 21.9 Å². The quantitative estimate of drug-likeness (QED) is 0.350. The molecule has 0 radical (unpaired) electrons. The van der Waals surface area contributed by atoms with Crippen molar-refractivity contribution in [2.45, 2.75) is 25.3 Å². The minimum Gasteiger partial charge on any atom is -0.341 e. The number of carbonyl (C=O) groups excluding carboxylic acids is 2. The number of aromatic amines is 1. The molecule has 1 unspecified atom stereocenters. The number of pyridine rings is 1. The predicted octanol–water partition coefficient (Wildman–Crippen LogP) is 3.47. The molecule has 1 fully saturated rings. The number of carbonyl (C=O) groups is 2. The van der Waals surface area contributed by atoms with Crippen molar-refractivity contribution in [3.63, 3.8) is 0 Å². The molecule has 1 aliphatic rings. The SMILES string of the molecule is O=C(NC(Cc1cc(=O)[nH]c2ccccc12)C(=O)SCCCCN1CCNCC1)c1ccc(Cl)cc1. The Bertz CT molecular complexity index is 1240. The fourth-order valence-electron chi connectivity index (χ4n) is 4.35. The highest BCUT2D eigenvalue weighted by Gasteiger charge is 2.23. The van der Waals surface area contributed by atoms with Gasteiger partial charge in [0.15, 0.2) is 0 Å². The Morgan fingerprint density at radius 3 is 2.58 bits per heavy atom. The van der Waals surface area contributed by atoms with Crippen LogP contribution in [0, 0.1) is 0 Å². The molecule has 1 amide bonds. The van der Waals surface area contributed by atoms with E-state index < -0.39 is 6.04 Å². The maximum Gasteiger partial charge on any atom is 0.251 e. The maximum atomic E-state index is 13.3. The first kappa shape index (κ1) is 26.4. The molecular weight excluding hydrogens is 496 g/mol. The molecule has 0 saturated carbocycles. The van der Waals surface area contributed by atoms with Crippen molar-refractivity contribution in [1.82, 2.24) is 20.5 Å². The number of aromatic nitrogens is 1. The molecule has 0 aliphatic carbocycles. The third-order valence-corrected chi connectivity index (χ3v) is 7.59. The Kier molecular flexibility index (Phi) is 9.58. The summed E-state index contributed by atoms with van der Waals surface area (Å²) < 4.78 is 0. The van der Waals surface area contributed by atoms with Crippen LogP contribution >= 0.6 is 23.4 Å². The van der Waals surface area contributed by atoms with Crippen LogP contribution in [0.5, 0.6) is 0 Å². The van der Waals surface area contributed by atoms with Gasteiger partial charge >= 0.3 is 0 Å². The molecule has 0 spiro atoms. The van der Waals surface area contributed by atoms with Crippen LogP contribution in [0.3, 0.4) is 0 Å². The summed E-state index contributed by atoms with van der Waals surface area (Å²) in [6.45, 7) is 5.22. The van der Waals surface area contributed by atoms with E-state index in [9.17, 15) is 14.4 Å². The van der Waals surface area contributed by atoms with Crippen LogP contribution in [-0.4, -0.2) is 65.4 Å². The molecule has 190 valence electrons. The first-order valence-corrected chi connectivity index (χ1v) is 13.6. The van der Waals surface area contributed by atoms with Gasteiger partial charge < -0.3 is 20.5 Å². The fraction of sp³-hybridized carbons (Fsp3) is 0.370. The van der Waals surface area contributed by atoms with Gasteiger partial charge in [-0.25, -0.2) is 0 Å². The van der Waals surface area contributed by atoms with Crippen molar-refractivity contribution in [1.29, 1.82) is 0 Å². The van der Waals surface area contributed by atoms with Crippen molar-refractivity contribution < 1.29 is 9.59 Å². The lowest BCUT2D eigenvalue weighted by atomic mass is 10.0. The van der Waals surface area contributed by atoms with Crippen molar-refractivity contribution in [3.05, 3.63) is 81.1 Å². The van der Waals surface area contributed by atoms with Gasteiger partial charge in [-0.2, -0.15) is 0 Å². The second-order valence-corrected chi connectivity index (χ2v) is 10.4. The maximum absolute atomic E-state index is 13.3. The number of hydrogen-bond acceptors (Lipinski definition) is 6. The Balaban J connectivity index is 1.43. The van der Waals surface area contributed by atoms with Crippen molar-refractivity contribution >= 4 is 45.3 Å². The zero-order valence-corrected chi connectivity index (χ0v) is 21.7. The topological polar surface area (TPSA) is 94.3 Å². The number of thioether (sulfide) groups is 1. The van der Waals surface area contributed by atoms with E-state index in [0.717, 1.165) is 56.5 Å². The number of para-hydroxylation sites is 1. The molecule has 1 atom stereocenters. The standard InChI is InChI=1S/C27H31ClN4O3S/c28-21-9-7-19(8-10-21)26(34)31-24(17-20-18-25(33)30-23-6-2-1-5-22(20)23)27(35)36-16-4-3-13-32-14-11-29-12-15-32/h1-2,5-10,18,24,29H,3-4,11-17H2,(H,30,33)(H,31,34). The Morgan fingerprint density at radius 2 is 1.81 bits per heavy atom. The number of nitrogens with one attached hydrogen (secondary N) is 3. The fourth-order valence-corrected chi connectivity index (χ4v) is 5.37. The van der Waals surface area contributed by atoms with Gasteiger partial charge in [-0.3, -0.25) is 14.4 Å². The van der Waals surface area contributed by atoms with Gasteiger partial charge in [-0.05, 0) is 55.3 Å². The van der Waals surface area contributed by atoms with E-state index >= 15 is 0 Å². The first-order valence-electron chi connectivity index (χ1n) is 12.3. The number of hydrogen-bond donors (Lipinski definition) is 3. The second-order valence-electron chi connectivity index (χ2n) is 8.91. The average molecular weight is 527 g/mol. The highest BCUT2D eigenvalue weighted by atomic mass is 35.5. The molecule has 4 rings (SSSR count). The predicted molar refractivity (Wildman–Crippen MR) is 147 cm³/mol. The molecule has 1 saturated heterocycles. The largest absolute Gasteiger partial charge is 0.341 e. The van der Waals surface area contributed by atoms with Crippen molar-refractivity contribution in [3.8, 4) is 0 Å². The van der Waals surface area contributed by atoms with E-state index in [1.807, 2.05) is 24.3 Å². The number of H-pyrrole nitrogens is 1. The molecule has 0 bridgehead atoms. The summed E-state index contributed by atoms with van der Waals surface area (Å²) in [4.78, 5) is 43.7. The van der Waals surface area contributed by atoms with Crippen LogP contribution in [0.2, 0.25) is 5.02 Å². The second kappa shape index (κ2) is 13.1. The number of rotatable bonds is 10. The molecular formula is C27H31ClN4O3S. The molecule has 2 aromatic carbocycles. The minimum atomic E-state index is -0.767. The van der Waals surface area contributed by atoms with Crippen LogP contribution in [0.4, 0.5) is 0 Å². The van der Waals surface area contributed by atoms with Crippen LogP contribution in [-0.2, 0) is 11.2 Å². The summed E-state index contributed by atoms with van der Waals surface area (Å²) in [7, 11) is 0. The lowest BCUT2D eigenvalue weighted by Crippen LogP contribution is -2.43. The summed E-state index contributed by atoms with van der Waals surface area (Å²) in [5.74, 6) is 0.340. The zero-order chi connectivity index (χ0) is 25.3. The smallest absolute Gasteiger partial charge is 0.251 e. The third kappa shape index (κ3) is 7.43. The number of piperazine rings is 1.